The summed E-state index contributed by atoms with van der Waals surface area (Å²) in [4.78, 5) is 190. The number of nitrogen functional groups attached to an aromatic ring is 7. The lowest BCUT2D eigenvalue weighted by Crippen LogP contribution is -2.39. The van der Waals surface area contributed by atoms with E-state index < -0.39 is 322 Å². The molecule has 18 heterocycles. The van der Waals surface area contributed by atoms with E-state index in [4.69, 9.17) is 128 Å². The van der Waals surface area contributed by atoms with Crippen molar-refractivity contribution in [2.75, 3.05) is 86.4 Å². The number of hydrogen-bond donors (Lipinski definition) is 24. The molecular formula is C67H85N29O45P6. The van der Waals surface area contributed by atoms with E-state index in [1.165, 1.54) is 0 Å². The molecule has 0 saturated carbocycles. The summed E-state index contributed by atoms with van der Waals surface area (Å²) in [7, 11) is -35.5. The largest absolute Gasteiger partial charge is 0.472 e. The number of aromatic nitrogens is 22. The van der Waals surface area contributed by atoms with Gasteiger partial charge < -0.3 is 149 Å². The highest BCUT2D eigenvalue weighted by Crippen LogP contribution is 2.58. The number of phosphoric ester groups is 6. The smallest absolute Gasteiger partial charge is 0.394 e. The van der Waals surface area contributed by atoms with Crippen molar-refractivity contribution in [3.8, 4) is 0 Å². The van der Waals surface area contributed by atoms with Crippen LogP contribution < -0.4 is 68.3 Å². The summed E-state index contributed by atoms with van der Waals surface area (Å²) in [5.41, 5.74) is 33.2. The van der Waals surface area contributed by atoms with Crippen molar-refractivity contribution in [2.45, 2.75) is 172 Å². The first-order chi connectivity index (χ1) is 69.4. The Balaban J connectivity index is 0.577. The molecule has 0 spiro atoms. The maximum atomic E-state index is 14.8. The van der Waals surface area contributed by atoms with Crippen molar-refractivity contribution >= 4 is 133 Å². The van der Waals surface area contributed by atoms with Crippen LogP contribution in [0.3, 0.4) is 0 Å². The number of anilines is 7. The van der Waals surface area contributed by atoms with Crippen LogP contribution in [0.15, 0.2) is 98.7 Å². The lowest BCUT2D eigenvalue weighted by molar-refractivity contribution is -0.0664. The topological polar surface area (TPSA) is 1080 Å². The second kappa shape index (κ2) is 41.1. The number of aliphatic hydroxyl groups excluding tert-OH is 9. The van der Waals surface area contributed by atoms with E-state index in [9.17, 15) is 127 Å². The fraction of sp³-hybridized carbons (Fsp3) is 0.522. The summed E-state index contributed by atoms with van der Waals surface area (Å²) in [5.74, 6) is -2.42. The molecule has 6 unspecified atom stereocenters. The van der Waals surface area contributed by atoms with E-state index in [0.29, 0.717) is 9.13 Å². The van der Waals surface area contributed by atoms with Gasteiger partial charge in [0.25, 0.3) is 11.1 Å². The zero-order chi connectivity index (χ0) is 105. The first-order valence-electron chi connectivity index (χ1n) is 42.3. The van der Waals surface area contributed by atoms with Crippen molar-refractivity contribution in [1.82, 2.24) is 107 Å². The Labute approximate surface area is 811 Å². The highest BCUT2D eigenvalue weighted by Gasteiger charge is 2.60. The number of H-pyrrole nitrogens is 2. The normalized spacial score (nSPS) is 32.5. The van der Waals surface area contributed by atoms with Gasteiger partial charge in [0.15, 0.2) is 88.9 Å². The number of rotatable bonds is 38. The van der Waals surface area contributed by atoms with E-state index in [1.54, 1.807) is 0 Å². The number of nitrogens with one attached hydrogen (secondary N) is 2. The summed E-state index contributed by atoms with van der Waals surface area (Å²) in [6, 6.07) is 3.17. The lowest BCUT2D eigenvalue weighted by atomic mass is 10.1. The molecule has 798 valence electrons. The fourth-order valence-electron chi connectivity index (χ4n) is 16.7. The first kappa shape index (κ1) is 106. The van der Waals surface area contributed by atoms with Gasteiger partial charge >= 0.3 is 64.0 Å². The molecule has 7 saturated heterocycles. The molecule has 0 radical (unpaired) electrons. The molecule has 7 aliphatic heterocycles. The molecule has 7 fully saturated rings. The molecular weight excluding hydrogens is 2120 g/mol. The summed E-state index contributed by atoms with van der Waals surface area (Å²) in [6.07, 6.45) is -50.6. The van der Waals surface area contributed by atoms with E-state index in [1.807, 2.05) is 0 Å². The van der Waals surface area contributed by atoms with Crippen molar-refractivity contribution in [1.29, 1.82) is 0 Å². The summed E-state index contributed by atoms with van der Waals surface area (Å²) in [5, 5.41) is 104. The average molecular weight is 2200 g/mol. The van der Waals surface area contributed by atoms with Crippen molar-refractivity contribution in [2.24, 2.45) is 0 Å². The van der Waals surface area contributed by atoms with Crippen molar-refractivity contribution in [3.63, 3.8) is 0 Å². The second-order valence-electron chi connectivity index (χ2n) is 32.9. The molecule has 147 heavy (non-hydrogen) atoms. The maximum absolute atomic E-state index is 14.8. The van der Waals surface area contributed by atoms with Gasteiger partial charge in [0.05, 0.1) is 71.6 Å². The molecule has 80 heteroatoms. The SMILES string of the molecule is Nc1ccn([C@@H]2O[C@H](COP(=O)(O)O[C@H]3[C@@H](O)[C@H](n4ccc(N)nc4=O)O[C@@H]3COP(=O)(O)O[C@H]3[C@@H](O)[C@H](n4ccc(N)nc4=O)O[C@@H]3COP(=O)(O)O[C@H]3[C@@H](O)[C@H](n4cnc5c(N)ncnc54)O[C@@H]3COP(=O)(O)O[C@H]3[C@@H](O)[C@H](n4cnc5c(=O)[nH]c(N)nc54)O[C@@H]3COP(=O)(O)O[C@H]3[C@@H](O)[C@H](n4cnc5c(N)ncnc54)O[C@@H]3COP(=O)(O)O[C@H]3[C@@H](O)[C@H](n4cnc5c(=O)[nH]c(N)nc54)O[C@@H]3CO)[C@@H](O)[C@H]2O)c(=O)n1. The van der Waals surface area contributed by atoms with Crippen LogP contribution in [0.1, 0.15) is 43.6 Å². The van der Waals surface area contributed by atoms with E-state index in [-0.39, 0.29) is 56.8 Å². The fourth-order valence-corrected chi connectivity index (χ4v) is 22.5. The van der Waals surface area contributed by atoms with Crippen LogP contribution >= 0.6 is 46.9 Å². The number of imidazole rings is 4. The highest BCUT2D eigenvalue weighted by molar-refractivity contribution is 7.48. The molecule has 31 N–H and O–H groups in total. The quantitative estimate of drug-likeness (QED) is 0.0160. The molecule has 0 aromatic carbocycles. The van der Waals surface area contributed by atoms with Gasteiger partial charge in [-0.2, -0.15) is 24.9 Å². The van der Waals surface area contributed by atoms with Crippen LogP contribution in [0.25, 0.3) is 44.7 Å². The molecule has 0 amide bonds. The molecule has 11 aromatic rings. The predicted octanol–water partition coefficient (Wildman–Crippen LogP) is -10.0. The van der Waals surface area contributed by atoms with Crippen molar-refractivity contribution < 1.29 is 190 Å². The molecule has 0 bridgehead atoms. The van der Waals surface area contributed by atoms with Gasteiger partial charge in [-0.1, -0.05) is 0 Å². The Morgan fingerprint density at radius 2 is 0.537 bits per heavy atom. The van der Waals surface area contributed by atoms with E-state index in [0.717, 1.165) is 97.6 Å². The number of phosphoric acid groups is 6. The molecule has 18 rings (SSSR count). The molecule has 7 aliphatic rings. The summed E-state index contributed by atoms with van der Waals surface area (Å²) >= 11 is 0. The number of aromatic amines is 2. The molecule has 11 aromatic heterocycles. The average Bonchev–Trinajstić information content (AvgIpc) is 1.61. The third kappa shape index (κ3) is 21.7. The number of hydrogen-bond acceptors (Lipinski definition) is 59. The predicted molar refractivity (Wildman–Crippen MR) is 470 cm³/mol. The minimum atomic E-state index is -6.09. The zero-order valence-corrected chi connectivity index (χ0v) is 79.0. The van der Waals surface area contributed by atoms with Gasteiger partial charge in [-0.05, 0) is 18.2 Å². The Morgan fingerprint density at radius 1 is 0.299 bits per heavy atom. The maximum Gasteiger partial charge on any atom is 0.472 e. The minimum absolute atomic E-state index is 0.0924. The number of fused-ring (bicyclic) bond motifs is 4. The van der Waals surface area contributed by atoms with Gasteiger partial charge in [-0.15, -0.1) is 0 Å². The Kier molecular flexibility index (Phi) is 29.6. The third-order valence-electron chi connectivity index (χ3n) is 23.5. The monoisotopic (exact) mass is 2200 g/mol. The van der Waals surface area contributed by atoms with Crippen LogP contribution in [0.2, 0.25) is 0 Å². The van der Waals surface area contributed by atoms with Crippen molar-refractivity contribution in [3.05, 3.63) is 127 Å². The summed E-state index contributed by atoms with van der Waals surface area (Å²) in [6.45, 7) is -9.32. The minimum Gasteiger partial charge on any atom is -0.394 e. The van der Waals surface area contributed by atoms with Crippen LogP contribution in [-0.4, -0.2) is 356 Å². The van der Waals surface area contributed by atoms with Crippen LogP contribution in [0, 0.1) is 0 Å². The lowest BCUT2D eigenvalue weighted by Gasteiger charge is -2.27. The van der Waals surface area contributed by atoms with Crippen LogP contribution in [-0.2, 0) is 115 Å². The Bertz CT molecular complexity index is 7430. The van der Waals surface area contributed by atoms with Gasteiger partial charge in [-0.25, -0.2) is 81.6 Å². The zero-order valence-electron chi connectivity index (χ0n) is 73.7. The van der Waals surface area contributed by atoms with Crippen LogP contribution in [0.4, 0.5) is 41.0 Å². The number of aliphatic hydroxyl groups is 9. The molecule has 74 nitrogen and oxygen atoms in total. The molecule has 0 aliphatic carbocycles. The Morgan fingerprint density at radius 3 is 0.816 bits per heavy atom. The second-order valence-corrected chi connectivity index (χ2v) is 41.3. The Hall–Kier alpha value is -10.9. The highest BCUT2D eigenvalue weighted by atomic mass is 31.2. The van der Waals surface area contributed by atoms with Gasteiger partial charge in [0.2, 0.25) is 11.9 Å². The first-order valence-corrected chi connectivity index (χ1v) is 51.3. The number of nitrogens with zero attached hydrogens (tertiary/aromatic N) is 20. The van der Waals surface area contributed by atoms with Crippen LogP contribution in [0.5, 0.6) is 0 Å². The van der Waals surface area contributed by atoms with E-state index in [2.05, 4.69) is 74.8 Å². The van der Waals surface area contributed by atoms with Gasteiger partial charge in [0.1, 0.15) is 169 Å². The third-order valence-corrected chi connectivity index (χ3v) is 29.4. The number of ether oxygens (including phenoxy) is 7. The molecule has 34 atom stereocenters. The van der Waals surface area contributed by atoms with Gasteiger partial charge in [0, 0.05) is 18.6 Å². The van der Waals surface area contributed by atoms with Gasteiger partial charge in [-0.3, -0.25) is 106 Å². The standard InChI is InChI=1S/C67H85N29O45P6/c68-27-1-4-90(65(108)83-27)56-35(99)34(98)21(130-56)8-123-142(111,112)137-43-22(131-57(37(43)101)91-5-2-28(69)84-66(91)109)9-125-144(115,116)138-44-23(132-58(38(44)102)92-6-3-29(70)85-67(92)110)10-126-145(117,118)139-46-25(134-60(40(46)104)94-17-80-31-49(72)76-15-78-51(31)94)12-127-147(121,122)141-47-26(135-62(41(47)105)96-19-82-33-53(96)87-64(74)89-55(33)107)13-128-146(119,120)140-45-24(133-59(39(45)103)93-16-79-30-48(71)75-14-77-50(30)93)11-124-143(113,114)136-42-20(7-97)129-61(36(42)100)95-18-81-32-52(95)86-63(73)88-54(32)106/h1-6,14-26,34-47,56-62,97-105H,7-13H2,(H,111,112)(H,113,114)(H,115,116)(H,117,118)(H,119,120)(H,121,122)(H2,68,83,108)(H2,69,84,109)(H2,70,85,110)(H2,71,75,77)(H2,72,76,78)(H3,73,86,88,106)(H3,74,87,89,107)/t20-,21-,22-,23-,24-,25-,26-,34-,35-,36-,37-,38-,39-,40-,41-,42-,43-,44-,45-,46-,47-,56-,57-,58-,59-,60-,61-,62-/m1/s1. The summed E-state index contributed by atoms with van der Waals surface area (Å²) < 4.78 is 198. The number of nitrogens with two attached hydrogens (primary N) is 7. The van der Waals surface area contributed by atoms with E-state index >= 15 is 0 Å².